The first-order valence-corrected chi connectivity index (χ1v) is 6.98. The molecular weight excluding hydrogens is 252 g/mol. The Kier molecular flexibility index (Phi) is 3.29. The molecule has 0 aliphatic heterocycles. The second-order valence-electron chi connectivity index (χ2n) is 4.34. The zero-order valence-corrected chi connectivity index (χ0v) is 11.4. The SMILES string of the molecule is Cc1ccccc1-c1cnc(Nc2ccccc2)s1. The van der Waals surface area contributed by atoms with E-state index in [2.05, 4.69) is 41.5 Å². The molecule has 0 spiro atoms. The summed E-state index contributed by atoms with van der Waals surface area (Å²) in [6, 6.07) is 18.5. The van der Waals surface area contributed by atoms with Crippen LogP contribution in [0.25, 0.3) is 10.4 Å². The minimum Gasteiger partial charge on any atom is -0.332 e. The summed E-state index contributed by atoms with van der Waals surface area (Å²) < 4.78 is 0. The molecule has 3 rings (SSSR count). The molecule has 0 unspecified atom stereocenters. The topological polar surface area (TPSA) is 24.9 Å². The van der Waals surface area contributed by atoms with E-state index in [9.17, 15) is 0 Å². The molecular formula is C16H14N2S. The van der Waals surface area contributed by atoms with E-state index >= 15 is 0 Å². The van der Waals surface area contributed by atoms with Gasteiger partial charge in [-0.3, -0.25) is 0 Å². The highest BCUT2D eigenvalue weighted by atomic mass is 32.1. The molecule has 0 bridgehead atoms. The number of benzene rings is 2. The van der Waals surface area contributed by atoms with Crippen molar-refractivity contribution in [2.75, 3.05) is 5.32 Å². The van der Waals surface area contributed by atoms with E-state index in [4.69, 9.17) is 0 Å². The van der Waals surface area contributed by atoms with Gasteiger partial charge in [0.05, 0.1) is 4.88 Å². The summed E-state index contributed by atoms with van der Waals surface area (Å²) in [4.78, 5) is 5.63. The maximum Gasteiger partial charge on any atom is 0.187 e. The van der Waals surface area contributed by atoms with Gasteiger partial charge in [-0.2, -0.15) is 0 Å². The monoisotopic (exact) mass is 266 g/mol. The van der Waals surface area contributed by atoms with E-state index in [-0.39, 0.29) is 0 Å². The summed E-state index contributed by atoms with van der Waals surface area (Å²) in [5.41, 5.74) is 3.59. The van der Waals surface area contributed by atoms with E-state index in [0.717, 1.165) is 10.8 Å². The fraction of sp³-hybridized carbons (Fsp3) is 0.0625. The van der Waals surface area contributed by atoms with Gasteiger partial charge < -0.3 is 5.32 Å². The number of anilines is 2. The third kappa shape index (κ3) is 2.66. The van der Waals surface area contributed by atoms with Crippen LogP contribution in [0.2, 0.25) is 0 Å². The first kappa shape index (κ1) is 11.9. The largest absolute Gasteiger partial charge is 0.332 e. The van der Waals surface area contributed by atoms with Crippen molar-refractivity contribution >= 4 is 22.2 Å². The summed E-state index contributed by atoms with van der Waals surface area (Å²) in [5.74, 6) is 0. The predicted molar refractivity (Wildman–Crippen MR) is 82.0 cm³/mol. The molecule has 94 valence electrons. The van der Waals surface area contributed by atoms with Gasteiger partial charge in [-0.25, -0.2) is 4.98 Å². The zero-order chi connectivity index (χ0) is 13.1. The molecule has 0 aliphatic carbocycles. The predicted octanol–water partition coefficient (Wildman–Crippen LogP) is 4.86. The van der Waals surface area contributed by atoms with Gasteiger partial charge in [0.2, 0.25) is 0 Å². The lowest BCUT2D eigenvalue weighted by Crippen LogP contribution is -1.87. The van der Waals surface area contributed by atoms with Crippen LogP contribution in [0.15, 0.2) is 60.8 Å². The Morgan fingerprint density at radius 2 is 1.68 bits per heavy atom. The molecule has 0 atom stereocenters. The Morgan fingerprint density at radius 1 is 0.947 bits per heavy atom. The average molecular weight is 266 g/mol. The number of thiazole rings is 1. The van der Waals surface area contributed by atoms with Crippen LogP contribution in [0.4, 0.5) is 10.8 Å². The average Bonchev–Trinajstić information content (AvgIpc) is 2.89. The molecule has 0 fully saturated rings. The third-order valence-electron chi connectivity index (χ3n) is 2.94. The van der Waals surface area contributed by atoms with Crippen molar-refractivity contribution in [2.24, 2.45) is 0 Å². The Balaban J connectivity index is 1.86. The number of nitrogens with one attached hydrogen (secondary N) is 1. The maximum absolute atomic E-state index is 4.44. The molecule has 3 heteroatoms. The first-order valence-electron chi connectivity index (χ1n) is 6.17. The Morgan fingerprint density at radius 3 is 2.47 bits per heavy atom. The highest BCUT2D eigenvalue weighted by Crippen LogP contribution is 2.32. The van der Waals surface area contributed by atoms with Gasteiger partial charge >= 0.3 is 0 Å². The molecule has 2 aromatic carbocycles. The van der Waals surface area contributed by atoms with Crippen molar-refractivity contribution in [1.82, 2.24) is 4.98 Å². The molecule has 0 saturated carbocycles. The van der Waals surface area contributed by atoms with E-state index in [1.807, 2.05) is 36.5 Å². The molecule has 0 radical (unpaired) electrons. The van der Waals surface area contributed by atoms with Gasteiger partial charge in [0.15, 0.2) is 5.13 Å². The molecule has 2 nitrogen and oxygen atoms in total. The fourth-order valence-corrected chi connectivity index (χ4v) is 2.88. The standard InChI is InChI=1S/C16H14N2S/c1-12-7-5-6-10-14(12)15-11-17-16(19-15)18-13-8-3-2-4-9-13/h2-11H,1H3,(H,17,18). The van der Waals surface area contributed by atoms with Gasteiger partial charge in [0.1, 0.15) is 0 Å². The van der Waals surface area contributed by atoms with Crippen molar-refractivity contribution in [3.63, 3.8) is 0 Å². The number of para-hydroxylation sites is 1. The lowest BCUT2D eigenvalue weighted by atomic mass is 10.1. The van der Waals surface area contributed by atoms with Crippen LogP contribution >= 0.6 is 11.3 Å². The number of hydrogen-bond acceptors (Lipinski definition) is 3. The van der Waals surface area contributed by atoms with Crippen molar-refractivity contribution in [3.8, 4) is 10.4 Å². The van der Waals surface area contributed by atoms with Gasteiger partial charge in [0.25, 0.3) is 0 Å². The van der Waals surface area contributed by atoms with Gasteiger partial charge in [-0.1, -0.05) is 53.8 Å². The van der Waals surface area contributed by atoms with Crippen LogP contribution in [-0.4, -0.2) is 4.98 Å². The summed E-state index contributed by atoms with van der Waals surface area (Å²) in [5, 5.41) is 4.24. The van der Waals surface area contributed by atoms with Crippen molar-refractivity contribution in [3.05, 3.63) is 66.4 Å². The van der Waals surface area contributed by atoms with Crippen LogP contribution < -0.4 is 5.32 Å². The molecule has 0 amide bonds. The van der Waals surface area contributed by atoms with E-state index < -0.39 is 0 Å². The molecule has 1 heterocycles. The summed E-state index contributed by atoms with van der Waals surface area (Å²) in [6.45, 7) is 2.12. The third-order valence-corrected chi connectivity index (χ3v) is 3.89. The Bertz CT molecular complexity index is 674. The van der Waals surface area contributed by atoms with Crippen LogP contribution in [0.3, 0.4) is 0 Å². The Hall–Kier alpha value is -2.13. The minimum absolute atomic E-state index is 0.921. The molecule has 0 saturated heterocycles. The van der Waals surface area contributed by atoms with Crippen molar-refractivity contribution < 1.29 is 0 Å². The van der Waals surface area contributed by atoms with Gasteiger partial charge in [-0.05, 0) is 30.2 Å². The smallest absolute Gasteiger partial charge is 0.187 e. The highest BCUT2D eigenvalue weighted by molar-refractivity contribution is 7.19. The van der Waals surface area contributed by atoms with Crippen LogP contribution in [0, 0.1) is 6.92 Å². The zero-order valence-electron chi connectivity index (χ0n) is 10.6. The molecule has 19 heavy (non-hydrogen) atoms. The van der Waals surface area contributed by atoms with E-state index in [1.54, 1.807) is 11.3 Å². The summed E-state index contributed by atoms with van der Waals surface area (Å²) in [6.07, 6.45) is 1.93. The first-order chi connectivity index (χ1) is 9.33. The second-order valence-corrected chi connectivity index (χ2v) is 5.37. The quantitative estimate of drug-likeness (QED) is 0.732. The van der Waals surface area contributed by atoms with E-state index in [1.165, 1.54) is 16.0 Å². The summed E-state index contributed by atoms with van der Waals surface area (Å²) in [7, 11) is 0. The van der Waals surface area contributed by atoms with Crippen molar-refractivity contribution in [1.29, 1.82) is 0 Å². The van der Waals surface area contributed by atoms with E-state index in [0.29, 0.717) is 0 Å². The number of nitrogens with zero attached hydrogens (tertiary/aromatic N) is 1. The number of aryl methyl sites for hydroxylation is 1. The van der Waals surface area contributed by atoms with Crippen LogP contribution in [0.1, 0.15) is 5.56 Å². The summed E-state index contributed by atoms with van der Waals surface area (Å²) >= 11 is 1.67. The normalized spacial score (nSPS) is 10.4. The number of hydrogen-bond donors (Lipinski definition) is 1. The van der Waals surface area contributed by atoms with Crippen molar-refractivity contribution in [2.45, 2.75) is 6.92 Å². The lowest BCUT2D eigenvalue weighted by Gasteiger charge is -2.02. The molecule has 0 aliphatic rings. The highest BCUT2D eigenvalue weighted by Gasteiger charge is 2.06. The lowest BCUT2D eigenvalue weighted by molar-refractivity contribution is 1.38. The fourth-order valence-electron chi connectivity index (χ4n) is 1.95. The second kappa shape index (κ2) is 5.24. The van der Waals surface area contributed by atoms with Crippen LogP contribution in [-0.2, 0) is 0 Å². The molecule has 1 N–H and O–H groups in total. The Labute approximate surface area is 116 Å². The maximum atomic E-state index is 4.44. The molecule has 1 aromatic heterocycles. The van der Waals surface area contributed by atoms with Gasteiger partial charge in [-0.15, -0.1) is 0 Å². The van der Waals surface area contributed by atoms with Crippen LogP contribution in [0.5, 0.6) is 0 Å². The number of rotatable bonds is 3. The molecule has 3 aromatic rings. The van der Waals surface area contributed by atoms with Gasteiger partial charge in [0, 0.05) is 11.9 Å². The number of aromatic nitrogens is 1. The minimum atomic E-state index is 0.921.